The van der Waals surface area contributed by atoms with E-state index in [1.165, 1.54) is 5.56 Å². The number of pyridine rings is 1. The second-order valence-electron chi connectivity index (χ2n) is 8.47. The van der Waals surface area contributed by atoms with Crippen molar-refractivity contribution in [2.75, 3.05) is 53.7 Å². The Morgan fingerprint density at radius 2 is 1.91 bits per heavy atom. The van der Waals surface area contributed by atoms with Gasteiger partial charge in [-0.2, -0.15) is 0 Å². The van der Waals surface area contributed by atoms with E-state index in [0.717, 1.165) is 68.1 Å². The van der Waals surface area contributed by atoms with Crippen molar-refractivity contribution < 1.29 is 18.9 Å². The van der Waals surface area contributed by atoms with Gasteiger partial charge < -0.3 is 23.5 Å². The van der Waals surface area contributed by atoms with Gasteiger partial charge in [-0.1, -0.05) is 6.92 Å². The highest BCUT2D eigenvalue weighted by Crippen LogP contribution is 2.41. The number of fused-ring (bicyclic) bond motifs is 3. The smallest absolute Gasteiger partial charge is 0.186 e. The molecule has 0 bridgehead atoms. The van der Waals surface area contributed by atoms with Crippen LogP contribution in [-0.2, 0) is 22.4 Å². The molecule has 4 rings (SSSR count). The molecule has 174 valence electrons. The van der Waals surface area contributed by atoms with Crippen LogP contribution in [0.2, 0.25) is 0 Å². The van der Waals surface area contributed by atoms with Gasteiger partial charge in [0.05, 0.1) is 32.6 Å². The van der Waals surface area contributed by atoms with Gasteiger partial charge in [0.2, 0.25) is 0 Å². The average Bonchev–Trinajstić information content (AvgIpc) is 2.82. The fraction of sp³-hybridized carbons (Fsp3) is 0.560. The third kappa shape index (κ3) is 4.85. The Hall–Kier alpha value is -2.35. The zero-order valence-electron chi connectivity index (χ0n) is 19.4. The fourth-order valence-corrected chi connectivity index (χ4v) is 4.59. The molecule has 0 N–H and O–H groups in total. The molecule has 0 aliphatic carbocycles. The largest absolute Gasteiger partial charge is 0.493 e. The third-order valence-corrected chi connectivity index (χ3v) is 6.39. The maximum absolute atomic E-state index is 13.1. The predicted octanol–water partition coefficient (Wildman–Crippen LogP) is 3.28. The minimum atomic E-state index is 0.0873. The van der Waals surface area contributed by atoms with Crippen molar-refractivity contribution in [2.24, 2.45) is 0 Å². The van der Waals surface area contributed by atoms with Crippen molar-refractivity contribution in [1.82, 2.24) is 9.47 Å². The van der Waals surface area contributed by atoms with Crippen LogP contribution < -0.4 is 14.9 Å². The first-order valence-electron chi connectivity index (χ1n) is 11.5. The number of morpholine rings is 1. The van der Waals surface area contributed by atoms with Crippen LogP contribution in [0.3, 0.4) is 0 Å². The zero-order chi connectivity index (χ0) is 22.5. The van der Waals surface area contributed by atoms with Crippen molar-refractivity contribution in [3.63, 3.8) is 0 Å². The molecule has 1 aromatic carbocycles. The van der Waals surface area contributed by atoms with E-state index in [-0.39, 0.29) is 5.43 Å². The van der Waals surface area contributed by atoms with Crippen LogP contribution in [0.5, 0.6) is 11.5 Å². The number of aromatic nitrogens is 1. The van der Waals surface area contributed by atoms with Gasteiger partial charge in [0.1, 0.15) is 0 Å². The Morgan fingerprint density at radius 3 is 2.62 bits per heavy atom. The molecule has 1 unspecified atom stereocenters. The molecule has 32 heavy (non-hydrogen) atoms. The van der Waals surface area contributed by atoms with Gasteiger partial charge in [-0.25, -0.2) is 0 Å². The summed E-state index contributed by atoms with van der Waals surface area (Å²) in [5.41, 5.74) is 4.13. The quantitative estimate of drug-likeness (QED) is 0.556. The number of methoxy groups -OCH3 is 2. The van der Waals surface area contributed by atoms with Crippen LogP contribution in [-0.4, -0.2) is 63.2 Å². The number of rotatable bonds is 9. The van der Waals surface area contributed by atoms with Gasteiger partial charge in [-0.3, -0.25) is 9.69 Å². The first kappa shape index (κ1) is 22.8. The molecule has 1 atom stereocenters. The van der Waals surface area contributed by atoms with E-state index in [2.05, 4.69) is 28.7 Å². The molecule has 1 saturated heterocycles. The van der Waals surface area contributed by atoms with Crippen LogP contribution in [0.25, 0.3) is 11.3 Å². The molecule has 2 aliphatic rings. The maximum atomic E-state index is 13.1. The summed E-state index contributed by atoms with van der Waals surface area (Å²) in [6.07, 6.45) is 4.78. The second-order valence-corrected chi connectivity index (χ2v) is 8.47. The Labute approximate surface area is 189 Å². The summed E-state index contributed by atoms with van der Waals surface area (Å²) >= 11 is 0. The summed E-state index contributed by atoms with van der Waals surface area (Å²) in [5, 5.41) is 0. The Balaban J connectivity index is 1.67. The van der Waals surface area contributed by atoms with E-state index in [1.54, 1.807) is 20.3 Å². The van der Waals surface area contributed by atoms with Crippen molar-refractivity contribution in [2.45, 2.75) is 38.8 Å². The Kier molecular flexibility index (Phi) is 7.50. The van der Waals surface area contributed by atoms with Gasteiger partial charge in [-0.15, -0.1) is 0 Å². The van der Waals surface area contributed by atoms with E-state index < -0.39 is 0 Å². The lowest BCUT2D eigenvalue weighted by Gasteiger charge is -2.32. The van der Waals surface area contributed by atoms with Crippen molar-refractivity contribution in [3.05, 3.63) is 45.7 Å². The van der Waals surface area contributed by atoms with Crippen LogP contribution in [0.4, 0.5) is 0 Å². The number of nitrogens with zero attached hydrogens (tertiary/aromatic N) is 2. The highest BCUT2D eigenvalue weighted by Gasteiger charge is 2.26. The molecule has 7 heteroatoms. The molecule has 3 heterocycles. The molecule has 2 aromatic rings. The topological polar surface area (TPSA) is 62.2 Å². The van der Waals surface area contributed by atoms with Crippen molar-refractivity contribution in [1.29, 1.82) is 0 Å². The molecule has 1 fully saturated rings. The number of benzene rings is 1. The highest BCUT2D eigenvalue weighted by atomic mass is 16.5. The lowest BCUT2D eigenvalue weighted by molar-refractivity contribution is 0.0339. The van der Waals surface area contributed by atoms with Gasteiger partial charge in [0, 0.05) is 69.2 Å². The maximum Gasteiger partial charge on any atom is 0.186 e. The third-order valence-electron chi connectivity index (χ3n) is 6.39. The molecule has 0 spiro atoms. The standard InChI is InChI=1S/C25H34N2O5/c1-4-20-12-18-13-25(32-9-5-8-29-2)24(30-3)14-21(18)22-15-23(28)19(17-27(20)22)16-26-6-10-31-11-7-26/h13-15,17,20H,4-12,16H2,1-3H3. The Bertz CT molecular complexity index is 981. The van der Waals surface area contributed by atoms with E-state index in [1.807, 2.05) is 6.07 Å². The molecule has 0 radical (unpaired) electrons. The molecule has 0 amide bonds. The molecular formula is C25H34N2O5. The normalized spacial score (nSPS) is 18.2. The van der Waals surface area contributed by atoms with Gasteiger partial charge in [-0.05, 0) is 30.5 Å². The summed E-state index contributed by atoms with van der Waals surface area (Å²) in [7, 11) is 3.34. The summed E-state index contributed by atoms with van der Waals surface area (Å²) in [4.78, 5) is 15.3. The average molecular weight is 443 g/mol. The summed E-state index contributed by atoms with van der Waals surface area (Å²) in [6.45, 7) is 7.29. The molecule has 0 saturated carbocycles. The SMILES string of the molecule is CCC1Cc2cc(OCCCOC)c(OC)cc2-c2cc(=O)c(CN3CCOCC3)cn21. The zero-order valence-corrected chi connectivity index (χ0v) is 19.4. The van der Waals surface area contributed by atoms with Crippen LogP contribution in [0.1, 0.15) is 36.9 Å². The van der Waals surface area contributed by atoms with Crippen LogP contribution >= 0.6 is 0 Å². The van der Waals surface area contributed by atoms with Crippen molar-refractivity contribution in [3.8, 4) is 22.8 Å². The molecule has 1 aromatic heterocycles. The first-order chi connectivity index (χ1) is 15.6. The molecular weight excluding hydrogens is 408 g/mol. The molecule has 2 aliphatic heterocycles. The van der Waals surface area contributed by atoms with E-state index >= 15 is 0 Å². The van der Waals surface area contributed by atoms with Crippen LogP contribution in [0, 0.1) is 0 Å². The van der Waals surface area contributed by atoms with E-state index in [0.29, 0.717) is 31.5 Å². The van der Waals surface area contributed by atoms with Gasteiger partial charge in [0.25, 0.3) is 0 Å². The van der Waals surface area contributed by atoms with E-state index in [9.17, 15) is 4.79 Å². The van der Waals surface area contributed by atoms with Crippen LogP contribution in [0.15, 0.2) is 29.2 Å². The number of ether oxygens (including phenoxy) is 4. The second kappa shape index (κ2) is 10.5. The van der Waals surface area contributed by atoms with Gasteiger partial charge in [0.15, 0.2) is 16.9 Å². The molecule has 7 nitrogen and oxygen atoms in total. The van der Waals surface area contributed by atoms with E-state index in [4.69, 9.17) is 18.9 Å². The lowest BCUT2D eigenvalue weighted by Crippen LogP contribution is -2.37. The number of hydrogen-bond donors (Lipinski definition) is 0. The summed E-state index contributed by atoms with van der Waals surface area (Å²) < 4.78 is 24.5. The Morgan fingerprint density at radius 1 is 1.09 bits per heavy atom. The monoisotopic (exact) mass is 442 g/mol. The number of hydrogen-bond acceptors (Lipinski definition) is 6. The highest BCUT2D eigenvalue weighted by molar-refractivity contribution is 5.70. The summed E-state index contributed by atoms with van der Waals surface area (Å²) in [6, 6.07) is 6.20. The van der Waals surface area contributed by atoms with Crippen molar-refractivity contribution >= 4 is 0 Å². The van der Waals surface area contributed by atoms with Gasteiger partial charge >= 0.3 is 0 Å². The fourth-order valence-electron chi connectivity index (χ4n) is 4.59. The first-order valence-corrected chi connectivity index (χ1v) is 11.5. The summed E-state index contributed by atoms with van der Waals surface area (Å²) in [5.74, 6) is 1.43. The predicted molar refractivity (Wildman–Crippen MR) is 124 cm³/mol. The minimum Gasteiger partial charge on any atom is -0.493 e. The lowest BCUT2D eigenvalue weighted by atomic mass is 9.90. The minimum absolute atomic E-state index is 0.0873.